The van der Waals surface area contributed by atoms with E-state index in [2.05, 4.69) is 11.9 Å². The minimum absolute atomic E-state index is 0.260. The summed E-state index contributed by atoms with van der Waals surface area (Å²) in [5.74, 6) is 0.749. The zero-order chi connectivity index (χ0) is 13.8. The molecule has 19 heavy (non-hydrogen) atoms. The van der Waals surface area contributed by atoms with Crippen LogP contribution >= 0.6 is 22.9 Å². The predicted octanol–water partition coefficient (Wildman–Crippen LogP) is 3.94. The van der Waals surface area contributed by atoms with Gasteiger partial charge in [0.1, 0.15) is 5.75 Å². The molecule has 3 nitrogen and oxygen atoms in total. The van der Waals surface area contributed by atoms with Gasteiger partial charge in [0.2, 0.25) is 0 Å². The Morgan fingerprint density at radius 2 is 2.26 bits per heavy atom. The number of thiophene rings is 1. The van der Waals surface area contributed by atoms with Crippen LogP contribution < -0.4 is 10.5 Å². The summed E-state index contributed by atoms with van der Waals surface area (Å²) in [6, 6.07) is 1.67. The molecular weight excluding hydrogens is 280 g/mol. The molecule has 0 aliphatic carbocycles. The van der Waals surface area contributed by atoms with E-state index in [0.717, 1.165) is 33.2 Å². The number of ether oxygens (including phenoxy) is 1. The summed E-state index contributed by atoms with van der Waals surface area (Å²) >= 11 is 7.83. The van der Waals surface area contributed by atoms with Crippen molar-refractivity contribution in [2.24, 2.45) is 5.73 Å². The fourth-order valence-electron chi connectivity index (χ4n) is 1.72. The van der Waals surface area contributed by atoms with Crippen LogP contribution in [0.2, 0.25) is 5.02 Å². The molecule has 1 unspecified atom stereocenters. The van der Waals surface area contributed by atoms with Gasteiger partial charge in [-0.05, 0) is 35.9 Å². The van der Waals surface area contributed by atoms with Gasteiger partial charge in [-0.1, -0.05) is 18.5 Å². The van der Waals surface area contributed by atoms with Crippen LogP contribution in [-0.2, 0) is 0 Å². The first-order valence-corrected chi connectivity index (χ1v) is 7.46. The molecule has 0 saturated heterocycles. The lowest BCUT2D eigenvalue weighted by Gasteiger charge is -2.12. The predicted molar refractivity (Wildman–Crippen MR) is 80.1 cm³/mol. The van der Waals surface area contributed by atoms with E-state index in [1.165, 1.54) is 0 Å². The van der Waals surface area contributed by atoms with Gasteiger partial charge in [-0.3, -0.25) is 4.98 Å². The molecule has 2 aromatic heterocycles. The third kappa shape index (κ3) is 3.26. The second kappa shape index (κ2) is 6.37. The maximum Gasteiger partial charge on any atom is 0.137 e. The van der Waals surface area contributed by atoms with Gasteiger partial charge in [-0.2, -0.15) is 0 Å². The van der Waals surface area contributed by atoms with E-state index in [9.17, 15) is 0 Å². The number of nitrogens with zero attached hydrogens (tertiary/aromatic N) is 1. The lowest BCUT2D eigenvalue weighted by atomic mass is 10.1. The molecule has 0 aliphatic heterocycles. The smallest absolute Gasteiger partial charge is 0.137 e. The molecule has 0 bridgehead atoms. The summed E-state index contributed by atoms with van der Waals surface area (Å²) in [4.78, 5) is 5.14. The van der Waals surface area contributed by atoms with Gasteiger partial charge >= 0.3 is 0 Å². The maximum absolute atomic E-state index is 6.26. The normalized spacial score (nSPS) is 12.4. The average Bonchev–Trinajstić information content (AvgIpc) is 2.76. The molecule has 0 radical (unpaired) electrons. The number of rotatable bonds is 5. The molecule has 0 aromatic carbocycles. The molecule has 0 aliphatic rings. The van der Waals surface area contributed by atoms with E-state index in [4.69, 9.17) is 22.1 Å². The zero-order valence-electron chi connectivity index (χ0n) is 11.0. The SMILES string of the molecule is CCCOc1cncc(C(N)c2scc(C)c2Cl)c1. The standard InChI is InChI=1S/C14H17ClN2OS/c1-3-4-18-11-5-10(6-17-7-11)13(16)14-12(15)9(2)8-19-14/h5-8,13H,3-4,16H2,1-2H3. The van der Waals surface area contributed by atoms with E-state index < -0.39 is 0 Å². The van der Waals surface area contributed by atoms with Gasteiger partial charge in [0.25, 0.3) is 0 Å². The number of pyridine rings is 1. The number of aromatic nitrogens is 1. The van der Waals surface area contributed by atoms with Crippen molar-refractivity contribution >= 4 is 22.9 Å². The Hall–Kier alpha value is -1.10. The van der Waals surface area contributed by atoms with Crippen molar-refractivity contribution in [2.45, 2.75) is 26.3 Å². The number of hydrogen-bond acceptors (Lipinski definition) is 4. The summed E-state index contributed by atoms with van der Waals surface area (Å²) in [5, 5.41) is 2.76. The van der Waals surface area contributed by atoms with Crippen LogP contribution in [0.25, 0.3) is 0 Å². The Morgan fingerprint density at radius 3 is 2.89 bits per heavy atom. The Kier molecular flexibility index (Phi) is 4.80. The van der Waals surface area contributed by atoms with Crippen LogP contribution in [0.4, 0.5) is 0 Å². The molecule has 2 rings (SSSR count). The van der Waals surface area contributed by atoms with Crippen molar-refractivity contribution in [3.05, 3.63) is 44.9 Å². The molecular formula is C14H17ClN2OS. The van der Waals surface area contributed by atoms with Gasteiger partial charge in [0.05, 0.1) is 23.9 Å². The fourth-order valence-corrected chi connectivity index (χ4v) is 3.05. The number of halogens is 1. The van der Waals surface area contributed by atoms with E-state index >= 15 is 0 Å². The minimum atomic E-state index is -0.260. The van der Waals surface area contributed by atoms with Gasteiger partial charge in [0, 0.05) is 11.1 Å². The maximum atomic E-state index is 6.26. The molecule has 1 atom stereocenters. The molecule has 0 saturated carbocycles. The van der Waals surface area contributed by atoms with E-state index in [1.54, 1.807) is 23.7 Å². The third-order valence-electron chi connectivity index (χ3n) is 2.77. The molecule has 2 aromatic rings. The van der Waals surface area contributed by atoms with Crippen molar-refractivity contribution in [2.75, 3.05) is 6.61 Å². The van der Waals surface area contributed by atoms with Crippen LogP contribution in [0.15, 0.2) is 23.8 Å². The Bertz CT molecular complexity index is 556. The van der Waals surface area contributed by atoms with Gasteiger partial charge in [0.15, 0.2) is 0 Å². The van der Waals surface area contributed by atoms with Crippen molar-refractivity contribution in [3.63, 3.8) is 0 Å². The lowest BCUT2D eigenvalue weighted by Crippen LogP contribution is -2.11. The first kappa shape index (κ1) is 14.3. The average molecular weight is 297 g/mol. The molecule has 0 fully saturated rings. The highest BCUT2D eigenvalue weighted by atomic mass is 35.5. The summed E-state index contributed by atoms with van der Waals surface area (Å²) in [5.41, 5.74) is 8.23. The Balaban J connectivity index is 2.23. The summed E-state index contributed by atoms with van der Waals surface area (Å²) < 4.78 is 5.57. The first-order valence-electron chi connectivity index (χ1n) is 6.20. The monoisotopic (exact) mass is 296 g/mol. The highest BCUT2D eigenvalue weighted by molar-refractivity contribution is 7.10. The quantitative estimate of drug-likeness (QED) is 0.909. The van der Waals surface area contributed by atoms with Crippen LogP contribution in [0, 0.1) is 6.92 Å². The van der Waals surface area contributed by atoms with Crippen molar-refractivity contribution in [1.82, 2.24) is 4.98 Å². The van der Waals surface area contributed by atoms with Crippen LogP contribution in [0.5, 0.6) is 5.75 Å². The molecule has 5 heteroatoms. The van der Waals surface area contributed by atoms with E-state index in [0.29, 0.717) is 6.61 Å². The van der Waals surface area contributed by atoms with Crippen LogP contribution in [-0.4, -0.2) is 11.6 Å². The largest absolute Gasteiger partial charge is 0.492 e. The molecule has 2 heterocycles. The first-order chi connectivity index (χ1) is 9.13. The van der Waals surface area contributed by atoms with Crippen LogP contribution in [0.1, 0.15) is 35.4 Å². The Labute approximate surface area is 122 Å². The van der Waals surface area contributed by atoms with Crippen molar-refractivity contribution in [3.8, 4) is 5.75 Å². The summed E-state index contributed by atoms with van der Waals surface area (Å²) in [6.45, 7) is 4.73. The Morgan fingerprint density at radius 1 is 1.47 bits per heavy atom. The second-order valence-corrected chi connectivity index (χ2v) is 5.67. The molecule has 0 amide bonds. The van der Waals surface area contributed by atoms with Gasteiger partial charge < -0.3 is 10.5 Å². The third-order valence-corrected chi connectivity index (χ3v) is 4.57. The second-order valence-electron chi connectivity index (χ2n) is 4.38. The lowest BCUT2D eigenvalue weighted by molar-refractivity contribution is 0.315. The number of nitrogens with two attached hydrogens (primary N) is 1. The number of hydrogen-bond donors (Lipinski definition) is 1. The number of aryl methyl sites for hydroxylation is 1. The molecule has 0 spiro atoms. The highest BCUT2D eigenvalue weighted by Crippen LogP contribution is 2.34. The van der Waals surface area contributed by atoms with Gasteiger partial charge in [-0.25, -0.2) is 0 Å². The minimum Gasteiger partial charge on any atom is -0.492 e. The van der Waals surface area contributed by atoms with Crippen molar-refractivity contribution < 1.29 is 4.74 Å². The topological polar surface area (TPSA) is 48.1 Å². The van der Waals surface area contributed by atoms with Crippen LogP contribution in [0.3, 0.4) is 0 Å². The summed E-state index contributed by atoms with van der Waals surface area (Å²) in [6.07, 6.45) is 4.42. The molecule has 2 N–H and O–H groups in total. The summed E-state index contributed by atoms with van der Waals surface area (Å²) in [7, 11) is 0. The highest BCUT2D eigenvalue weighted by Gasteiger charge is 2.17. The zero-order valence-corrected chi connectivity index (χ0v) is 12.6. The van der Waals surface area contributed by atoms with Gasteiger partial charge in [-0.15, -0.1) is 11.3 Å². The van der Waals surface area contributed by atoms with E-state index in [1.807, 2.05) is 18.4 Å². The fraction of sp³-hybridized carbons (Fsp3) is 0.357. The molecule has 102 valence electrons. The van der Waals surface area contributed by atoms with Crippen molar-refractivity contribution in [1.29, 1.82) is 0 Å². The van der Waals surface area contributed by atoms with E-state index in [-0.39, 0.29) is 6.04 Å².